The molecule has 0 amide bonds. The molecular formula is C28H45NO2. The van der Waals surface area contributed by atoms with Crippen molar-refractivity contribution in [2.45, 2.75) is 122 Å². The number of aromatic carboxylic acids is 1. The minimum atomic E-state index is -0.863. The zero-order valence-electron chi connectivity index (χ0n) is 19.9. The molecule has 1 heterocycles. The molecule has 0 aliphatic heterocycles. The van der Waals surface area contributed by atoms with Crippen LogP contribution in [0.2, 0.25) is 0 Å². The van der Waals surface area contributed by atoms with Gasteiger partial charge in [0.15, 0.2) is 0 Å². The van der Waals surface area contributed by atoms with E-state index in [0.29, 0.717) is 5.56 Å². The van der Waals surface area contributed by atoms with Gasteiger partial charge >= 0.3 is 5.97 Å². The Morgan fingerprint density at radius 2 is 1.19 bits per heavy atom. The Morgan fingerprint density at radius 1 is 0.710 bits per heavy atom. The maximum Gasteiger partial charge on any atom is 0.335 e. The molecule has 0 aliphatic carbocycles. The number of H-pyrrole nitrogens is 1. The summed E-state index contributed by atoms with van der Waals surface area (Å²) in [4.78, 5) is 14.5. The first-order valence-electron chi connectivity index (χ1n) is 13.1. The molecule has 2 rings (SSSR count). The van der Waals surface area contributed by atoms with E-state index in [1.54, 1.807) is 12.1 Å². The van der Waals surface area contributed by atoms with Crippen LogP contribution in [-0.2, 0) is 6.42 Å². The SMILES string of the molecule is CCCCCCCCCCCCCCCCCCCc1cc2cc(C(=O)O)ccc2[nH]1. The van der Waals surface area contributed by atoms with Crippen LogP contribution in [0.5, 0.6) is 0 Å². The summed E-state index contributed by atoms with van der Waals surface area (Å²) in [5, 5.41) is 10.1. The molecule has 3 heteroatoms. The molecule has 174 valence electrons. The summed E-state index contributed by atoms with van der Waals surface area (Å²) in [6.07, 6.45) is 24.8. The summed E-state index contributed by atoms with van der Waals surface area (Å²) >= 11 is 0. The van der Waals surface area contributed by atoms with Crippen molar-refractivity contribution in [2.24, 2.45) is 0 Å². The smallest absolute Gasteiger partial charge is 0.335 e. The highest BCUT2D eigenvalue weighted by Gasteiger charge is 2.06. The predicted octanol–water partition coefficient (Wildman–Crippen LogP) is 9.06. The van der Waals surface area contributed by atoms with Gasteiger partial charge in [-0.3, -0.25) is 0 Å². The Hall–Kier alpha value is -1.77. The summed E-state index contributed by atoms with van der Waals surface area (Å²) in [6.45, 7) is 2.29. The predicted molar refractivity (Wildman–Crippen MR) is 133 cm³/mol. The van der Waals surface area contributed by atoms with Crippen LogP contribution < -0.4 is 0 Å². The quantitative estimate of drug-likeness (QED) is 0.220. The van der Waals surface area contributed by atoms with Gasteiger partial charge in [-0.05, 0) is 37.1 Å². The minimum absolute atomic E-state index is 0.357. The maximum absolute atomic E-state index is 11.1. The molecule has 0 aliphatic rings. The van der Waals surface area contributed by atoms with E-state index in [4.69, 9.17) is 5.11 Å². The molecule has 0 radical (unpaired) electrons. The molecule has 0 atom stereocenters. The summed E-state index contributed by atoms with van der Waals surface area (Å²) in [6, 6.07) is 7.40. The molecule has 1 aromatic heterocycles. The number of rotatable bonds is 19. The van der Waals surface area contributed by atoms with Crippen molar-refractivity contribution in [2.75, 3.05) is 0 Å². The lowest BCUT2D eigenvalue weighted by Crippen LogP contribution is -1.94. The average Bonchev–Trinajstić information content (AvgIpc) is 3.18. The van der Waals surface area contributed by atoms with E-state index in [-0.39, 0.29) is 0 Å². The van der Waals surface area contributed by atoms with Gasteiger partial charge in [-0.25, -0.2) is 4.79 Å². The van der Waals surface area contributed by atoms with Gasteiger partial charge in [0.25, 0.3) is 0 Å². The van der Waals surface area contributed by atoms with E-state index in [2.05, 4.69) is 18.0 Å². The molecule has 0 spiro atoms. The number of hydrogen-bond acceptors (Lipinski definition) is 1. The second kappa shape index (κ2) is 15.9. The third-order valence-corrected chi connectivity index (χ3v) is 6.47. The van der Waals surface area contributed by atoms with Crippen LogP contribution in [0.1, 0.15) is 132 Å². The largest absolute Gasteiger partial charge is 0.478 e. The number of benzene rings is 1. The van der Waals surface area contributed by atoms with Gasteiger partial charge in [0, 0.05) is 16.6 Å². The van der Waals surface area contributed by atoms with Crippen molar-refractivity contribution in [3.63, 3.8) is 0 Å². The monoisotopic (exact) mass is 427 g/mol. The fourth-order valence-electron chi connectivity index (χ4n) is 4.50. The lowest BCUT2D eigenvalue weighted by atomic mass is 10.0. The molecule has 0 bridgehead atoms. The number of aromatic amines is 1. The molecule has 0 fully saturated rings. The van der Waals surface area contributed by atoms with Gasteiger partial charge in [-0.2, -0.15) is 0 Å². The van der Waals surface area contributed by atoms with Crippen molar-refractivity contribution in [1.82, 2.24) is 4.98 Å². The van der Waals surface area contributed by atoms with E-state index in [1.807, 2.05) is 6.07 Å². The number of carboxylic acid groups (broad SMARTS) is 1. The third kappa shape index (κ3) is 10.9. The Balaban J connectivity index is 1.38. The van der Waals surface area contributed by atoms with Crippen LogP contribution in [-0.4, -0.2) is 16.1 Å². The number of fused-ring (bicyclic) bond motifs is 1. The van der Waals surface area contributed by atoms with Gasteiger partial charge in [0.2, 0.25) is 0 Å². The minimum Gasteiger partial charge on any atom is -0.478 e. The summed E-state index contributed by atoms with van der Waals surface area (Å²) in [7, 11) is 0. The number of aryl methyl sites for hydroxylation is 1. The van der Waals surface area contributed by atoms with Crippen LogP contribution >= 0.6 is 0 Å². The summed E-state index contributed by atoms with van der Waals surface area (Å²) < 4.78 is 0. The van der Waals surface area contributed by atoms with Gasteiger partial charge in [0.05, 0.1) is 5.56 Å². The van der Waals surface area contributed by atoms with Crippen LogP contribution in [0.4, 0.5) is 0 Å². The lowest BCUT2D eigenvalue weighted by Gasteiger charge is -2.03. The Kier molecular flexibility index (Phi) is 13.1. The number of carboxylic acids is 1. The van der Waals surface area contributed by atoms with Gasteiger partial charge < -0.3 is 10.1 Å². The molecule has 0 saturated carbocycles. The van der Waals surface area contributed by atoms with Crippen molar-refractivity contribution in [3.05, 3.63) is 35.5 Å². The lowest BCUT2D eigenvalue weighted by molar-refractivity contribution is 0.0697. The maximum atomic E-state index is 11.1. The number of hydrogen-bond donors (Lipinski definition) is 2. The zero-order valence-corrected chi connectivity index (χ0v) is 19.9. The van der Waals surface area contributed by atoms with Crippen LogP contribution in [0.25, 0.3) is 10.9 Å². The van der Waals surface area contributed by atoms with E-state index in [0.717, 1.165) is 17.3 Å². The van der Waals surface area contributed by atoms with Crippen molar-refractivity contribution >= 4 is 16.9 Å². The fraction of sp³-hybridized carbons (Fsp3) is 0.679. The van der Waals surface area contributed by atoms with Gasteiger partial charge in [-0.1, -0.05) is 110 Å². The number of aromatic nitrogens is 1. The highest BCUT2D eigenvalue weighted by atomic mass is 16.4. The van der Waals surface area contributed by atoms with Crippen molar-refractivity contribution in [3.8, 4) is 0 Å². The average molecular weight is 428 g/mol. The second-order valence-electron chi connectivity index (χ2n) is 9.31. The normalized spacial score (nSPS) is 11.4. The van der Waals surface area contributed by atoms with Crippen LogP contribution in [0.3, 0.4) is 0 Å². The first kappa shape index (κ1) is 25.5. The Morgan fingerprint density at radius 3 is 1.68 bits per heavy atom. The highest BCUT2D eigenvalue weighted by Crippen LogP contribution is 2.19. The van der Waals surface area contributed by atoms with Gasteiger partial charge in [-0.15, -0.1) is 0 Å². The molecule has 0 unspecified atom stereocenters. The Bertz CT molecular complexity index is 734. The highest BCUT2D eigenvalue weighted by molar-refractivity contribution is 5.93. The molecule has 31 heavy (non-hydrogen) atoms. The number of unbranched alkanes of at least 4 members (excludes halogenated alkanes) is 16. The topological polar surface area (TPSA) is 53.1 Å². The first-order valence-corrected chi connectivity index (χ1v) is 13.1. The fourth-order valence-corrected chi connectivity index (χ4v) is 4.50. The van der Waals surface area contributed by atoms with E-state index in [9.17, 15) is 4.79 Å². The van der Waals surface area contributed by atoms with Crippen LogP contribution in [0, 0.1) is 0 Å². The van der Waals surface area contributed by atoms with Crippen molar-refractivity contribution < 1.29 is 9.90 Å². The molecule has 0 saturated heterocycles. The second-order valence-corrected chi connectivity index (χ2v) is 9.31. The van der Waals surface area contributed by atoms with E-state index < -0.39 is 5.97 Å². The third-order valence-electron chi connectivity index (χ3n) is 6.47. The van der Waals surface area contributed by atoms with Gasteiger partial charge in [0.1, 0.15) is 0 Å². The van der Waals surface area contributed by atoms with E-state index >= 15 is 0 Å². The first-order chi connectivity index (χ1) is 15.2. The molecule has 2 N–H and O–H groups in total. The van der Waals surface area contributed by atoms with Crippen molar-refractivity contribution in [1.29, 1.82) is 0 Å². The molecular weight excluding hydrogens is 382 g/mol. The number of carbonyl (C=O) groups is 1. The summed E-state index contributed by atoms with van der Waals surface area (Å²) in [5.74, 6) is -0.863. The molecule has 1 aromatic carbocycles. The Labute approximate surface area is 190 Å². The number of nitrogens with one attached hydrogen (secondary N) is 1. The molecule has 2 aromatic rings. The summed E-state index contributed by atoms with van der Waals surface area (Å²) in [5.41, 5.74) is 2.61. The van der Waals surface area contributed by atoms with E-state index in [1.165, 1.54) is 115 Å². The zero-order chi connectivity index (χ0) is 22.2. The molecule has 3 nitrogen and oxygen atoms in total. The van der Waals surface area contributed by atoms with Crippen LogP contribution in [0.15, 0.2) is 24.3 Å². The standard InChI is InChI=1S/C28H45NO2/c1-2-3-4-5-6-7-8-9-10-11-12-13-14-15-16-17-18-19-26-23-25-22-24(28(30)31)20-21-27(25)29-26/h20-23,29H,2-19H2,1H3,(H,30,31).